The average molecular weight is 423 g/mol. The van der Waals surface area contributed by atoms with Crippen molar-refractivity contribution in [2.45, 2.75) is 6.54 Å². The van der Waals surface area contributed by atoms with Gasteiger partial charge in [0.15, 0.2) is 0 Å². The van der Waals surface area contributed by atoms with Crippen LogP contribution in [0.4, 0.5) is 0 Å². The van der Waals surface area contributed by atoms with Gasteiger partial charge in [0, 0.05) is 28.3 Å². The molecule has 0 radical (unpaired) electrons. The van der Waals surface area contributed by atoms with E-state index in [9.17, 15) is 9.59 Å². The minimum atomic E-state index is -0.344. The fourth-order valence-electron chi connectivity index (χ4n) is 3.55. The molecule has 2 aromatic heterocycles. The Kier molecular flexibility index (Phi) is 4.98. The van der Waals surface area contributed by atoms with E-state index >= 15 is 0 Å². The maximum atomic E-state index is 13.4. The van der Waals surface area contributed by atoms with E-state index < -0.39 is 0 Å². The van der Waals surface area contributed by atoms with Crippen molar-refractivity contribution in [1.82, 2.24) is 14.9 Å². The highest BCUT2D eigenvalue weighted by atomic mass is 32.1. The number of hydrogen-bond donors (Lipinski definition) is 0. The molecule has 0 bridgehead atoms. The molecule has 31 heavy (non-hydrogen) atoms. The summed E-state index contributed by atoms with van der Waals surface area (Å²) in [6.07, 6.45) is 3.42. The van der Waals surface area contributed by atoms with Gasteiger partial charge in [0.1, 0.15) is 5.01 Å². The molecule has 0 N–H and O–H groups in total. The van der Waals surface area contributed by atoms with Crippen molar-refractivity contribution < 1.29 is 9.59 Å². The lowest BCUT2D eigenvalue weighted by atomic mass is 9.92. The number of carbonyl (C=O) groups excluding carboxylic acids is 2. The van der Waals surface area contributed by atoms with Gasteiger partial charge in [0.2, 0.25) is 0 Å². The normalized spacial score (nSPS) is 14.7. The molecule has 0 saturated heterocycles. The number of carbonyl (C=O) groups is 2. The summed E-state index contributed by atoms with van der Waals surface area (Å²) in [5.74, 6) is -0.657. The largest absolute Gasteiger partial charge is 0.269 e. The summed E-state index contributed by atoms with van der Waals surface area (Å²) in [5, 5.41) is 2.80. The van der Waals surface area contributed by atoms with Crippen LogP contribution in [-0.2, 0) is 11.3 Å². The van der Waals surface area contributed by atoms with Crippen molar-refractivity contribution in [2.24, 2.45) is 0 Å². The van der Waals surface area contributed by atoms with E-state index in [0.29, 0.717) is 28.1 Å². The predicted molar refractivity (Wildman–Crippen MR) is 121 cm³/mol. The highest BCUT2D eigenvalue weighted by Crippen LogP contribution is 2.32. The van der Waals surface area contributed by atoms with Crippen LogP contribution in [0, 0.1) is 0 Å². The first kappa shape index (κ1) is 19.1. The van der Waals surface area contributed by atoms with Crippen LogP contribution in [0.25, 0.3) is 22.2 Å². The minimum Gasteiger partial charge on any atom is -0.269 e. The number of pyridine rings is 1. The van der Waals surface area contributed by atoms with Crippen molar-refractivity contribution in [3.05, 3.63) is 107 Å². The van der Waals surface area contributed by atoms with Gasteiger partial charge in [-0.15, -0.1) is 11.3 Å². The number of aromatic nitrogens is 2. The molecule has 0 spiro atoms. The Morgan fingerprint density at radius 3 is 2.35 bits per heavy atom. The first-order chi connectivity index (χ1) is 15.2. The fraction of sp³-hybridized carbons (Fsp3) is 0.0400. The Balaban J connectivity index is 1.55. The van der Waals surface area contributed by atoms with E-state index in [1.807, 2.05) is 47.8 Å². The van der Waals surface area contributed by atoms with E-state index in [4.69, 9.17) is 0 Å². The Bertz CT molecular complexity index is 1300. The summed E-state index contributed by atoms with van der Waals surface area (Å²) in [6.45, 7) is 0.122. The summed E-state index contributed by atoms with van der Waals surface area (Å²) in [5.41, 5.74) is 3.96. The van der Waals surface area contributed by atoms with E-state index in [-0.39, 0.29) is 18.4 Å². The molecule has 4 aromatic rings. The summed E-state index contributed by atoms with van der Waals surface area (Å²) in [6, 6.07) is 22.5. The van der Waals surface area contributed by atoms with Gasteiger partial charge >= 0.3 is 0 Å². The Morgan fingerprint density at radius 2 is 1.58 bits per heavy atom. The molecule has 2 aromatic carbocycles. The van der Waals surface area contributed by atoms with Crippen molar-refractivity contribution in [3.63, 3.8) is 0 Å². The second-order valence-corrected chi connectivity index (χ2v) is 7.92. The number of amides is 2. The number of hydrogen-bond acceptors (Lipinski definition) is 5. The lowest BCUT2D eigenvalue weighted by molar-refractivity contribution is -0.123. The average Bonchev–Trinajstić information content (AvgIpc) is 3.29. The molecule has 2 amide bonds. The molecule has 3 heterocycles. The third kappa shape index (κ3) is 3.69. The minimum absolute atomic E-state index is 0.122. The SMILES string of the molecule is O=C1/C(=C/c2csc(-c3ccccc3)n2)c2ccccc2C(=O)N1Cc1ccccn1. The molecule has 1 aliphatic heterocycles. The number of benzene rings is 2. The second kappa shape index (κ2) is 8.08. The van der Waals surface area contributed by atoms with E-state index in [0.717, 1.165) is 10.6 Å². The number of thiazole rings is 1. The van der Waals surface area contributed by atoms with Crippen LogP contribution in [0.2, 0.25) is 0 Å². The van der Waals surface area contributed by atoms with Crippen LogP contribution in [0.5, 0.6) is 0 Å². The standard InChI is InChI=1S/C25H17N3O2S/c29-24-21-12-5-4-11-20(21)22(25(30)28(24)15-18-10-6-7-13-26-18)14-19-16-31-23(27-19)17-8-2-1-3-9-17/h1-14,16H,15H2/b22-14+. The van der Waals surface area contributed by atoms with E-state index in [2.05, 4.69) is 9.97 Å². The first-order valence-electron chi connectivity index (χ1n) is 9.79. The van der Waals surface area contributed by atoms with Crippen LogP contribution in [0.1, 0.15) is 27.3 Å². The quantitative estimate of drug-likeness (QED) is 0.345. The number of imide groups is 1. The highest BCUT2D eigenvalue weighted by molar-refractivity contribution is 7.13. The van der Waals surface area contributed by atoms with Crippen molar-refractivity contribution >= 4 is 34.8 Å². The van der Waals surface area contributed by atoms with Crippen molar-refractivity contribution in [3.8, 4) is 10.6 Å². The van der Waals surface area contributed by atoms with Crippen LogP contribution < -0.4 is 0 Å². The first-order valence-corrected chi connectivity index (χ1v) is 10.7. The number of rotatable bonds is 4. The van der Waals surface area contributed by atoms with Crippen LogP contribution in [-0.4, -0.2) is 26.7 Å². The summed E-state index contributed by atoms with van der Waals surface area (Å²) in [7, 11) is 0. The molecule has 0 saturated carbocycles. The Morgan fingerprint density at radius 1 is 0.839 bits per heavy atom. The third-order valence-corrected chi connectivity index (χ3v) is 5.96. The highest BCUT2D eigenvalue weighted by Gasteiger charge is 2.35. The lowest BCUT2D eigenvalue weighted by Crippen LogP contribution is -2.41. The fourth-order valence-corrected chi connectivity index (χ4v) is 4.34. The zero-order chi connectivity index (χ0) is 21.2. The van der Waals surface area contributed by atoms with Gasteiger partial charge in [0.25, 0.3) is 11.8 Å². The van der Waals surface area contributed by atoms with Crippen molar-refractivity contribution in [1.29, 1.82) is 0 Å². The molecule has 1 aliphatic rings. The molecule has 6 heteroatoms. The van der Waals surface area contributed by atoms with Gasteiger partial charge < -0.3 is 0 Å². The van der Waals surface area contributed by atoms with E-state index in [1.165, 1.54) is 16.2 Å². The molecular formula is C25H17N3O2S. The maximum Gasteiger partial charge on any atom is 0.261 e. The molecule has 5 rings (SSSR count). The molecule has 0 atom stereocenters. The van der Waals surface area contributed by atoms with Gasteiger partial charge in [-0.25, -0.2) is 4.98 Å². The lowest BCUT2D eigenvalue weighted by Gasteiger charge is -2.28. The monoisotopic (exact) mass is 423 g/mol. The van der Waals surface area contributed by atoms with Gasteiger partial charge in [-0.2, -0.15) is 0 Å². The smallest absolute Gasteiger partial charge is 0.261 e. The zero-order valence-corrected chi connectivity index (χ0v) is 17.3. The zero-order valence-electron chi connectivity index (χ0n) is 16.4. The molecule has 150 valence electrons. The molecule has 0 unspecified atom stereocenters. The van der Waals surface area contributed by atoms with Gasteiger partial charge in [0.05, 0.1) is 23.5 Å². The maximum absolute atomic E-state index is 13.4. The van der Waals surface area contributed by atoms with Crippen LogP contribution in [0.3, 0.4) is 0 Å². The molecule has 0 fully saturated rings. The third-order valence-electron chi connectivity index (χ3n) is 5.05. The van der Waals surface area contributed by atoms with Crippen LogP contribution >= 0.6 is 11.3 Å². The topological polar surface area (TPSA) is 63.2 Å². The van der Waals surface area contributed by atoms with Crippen molar-refractivity contribution in [2.75, 3.05) is 0 Å². The number of nitrogens with zero attached hydrogens (tertiary/aromatic N) is 3. The molecule has 5 nitrogen and oxygen atoms in total. The number of fused-ring (bicyclic) bond motifs is 1. The van der Waals surface area contributed by atoms with Crippen LogP contribution in [0.15, 0.2) is 84.4 Å². The molecular weight excluding hydrogens is 406 g/mol. The summed E-state index contributed by atoms with van der Waals surface area (Å²) < 4.78 is 0. The van der Waals surface area contributed by atoms with Gasteiger partial charge in [-0.05, 0) is 24.3 Å². The Labute approximate surface area is 183 Å². The summed E-state index contributed by atoms with van der Waals surface area (Å²) in [4.78, 5) is 36.6. The summed E-state index contributed by atoms with van der Waals surface area (Å²) >= 11 is 1.52. The van der Waals surface area contributed by atoms with E-state index in [1.54, 1.807) is 42.6 Å². The van der Waals surface area contributed by atoms with Gasteiger partial charge in [-0.3, -0.25) is 19.5 Å². The predicted octanol–water partition coefficient (Wildman–Crippen LogP) is 4.93. The van der Waals surface area contributed by atoms with Gasteiger partial charge in [-0.1, -0.05) is 54.6 Å². The Hall–Kier alpha value is -3.90. The second-order valence-electron chi connectivity index (χ2n) is 7.06. The molecule has 0 aliphatic carbocycles.